The van der Waals surface area contributed by atoms with Crippen LogP contribution in [0.25, 0.3) is 0 Å². The fourth-order valence-electron chi connectivity index (χ4n) is 2.15. The van der Waals surface area contributed by atoms with Gasteiger partial charge in [0, 0.05) is 24.0 Å². The van der Waals surface area contributed by atoms with Crippen LogP contribution in [-0.2, 0) is 13.6 Å². The molecule has 0 aliphatic rings. The summed E-state index contributed by atoms with van der Waals surface area (Å²) in [5, 5.41) is 2.94. The van der Waals surface area contributed by atoms with Gasteiger partial charge < -0.3 is 14.6 Å². The van der Waals surface area contributed by atoms with E-state index in [0.29, 0.717) is 12.1 Å². The van der Waals surface area contributed by atoms with Crippen molar-refractivity contribution >= 4 is 5.91 Å². The topological polar surface area (TPSA) is 43.3 Å². The van der Waals surface area contributed by atoms with Gasteiger partial charge in [-0.05, 0) is 49.7 Å². The summed E-state index contributed by atoms with van der Waals surface area (Å²) in [5.74, 6) is 0.738. The van der Waals surface area contributed by atoms with Gasteiger partial charge in [0.25, 0.3) is 5.91 Å². The molecule has 0 aliphatic heterocycles. The Morgan fingerprint density at radius 3 is 2.50 bits per heavy atom. The van der Waals surface area contributed by atoms with Gasteiger partial charge >= 0.3 is 0 Å². The Kier molecular flexibility index (Phi) is 5.64. The molecule has 0 fully saturated rings. The molecule has 0 aliphatic carbocycles. The quantitative estimate of drug-likeness (QED) is 0.796. The van der Waals surface area contributed by atoms with Gasteiger partial charge in [0.05, 0.1) is 13.2 Å². The molecule has 1 N–H and O–H groups in total. The van der Waals surface area contributed by atoms with Gasteiger partial charge in [-0.25, -0.2) is 0 Å². The third-order valence-corrected chi connectivity index (χ3v) is 3.79. The Balaban J connectivity index is 1.88. The van der Waals surface area contributed by atoms with E-state index in [-0.39, 0.29) is 5.91 Å². The first-order valence-corrected chi connectivity index (χ1v) is 7.74. The Hall–Kier alpha value is -2.23. The number of carbonyl (C=O) groups excluding carboxylic acids is 1. The molecule has 118 valence electrons. The molecule has 1 amide bonds. The second kappa shape index (κ2) is 7.69. The van der Waals surface area contributed by atoms with Crippen molar-refractivity contribution in [1.82, 2.24) is 9.88 Å². The smallest absolute Gasteiger partial charge is 0.251 e. The molecule has 1 heterocycles. The van der Waals surface area contributed by atoms with E-state index in [1.54, 1.807) is 12.1 Å². The van der Waals surface area contributed by atoms with Crippen LogP contribution in [0.3, 0.4) is 0 Å². The van der Waals surface area contributed by atoms with Gasteiger partial charge in [0.15, 0.2) is 0 Å². The number of carbonyl (C=O) groups is 1. The lowest BCUT2D eigenvalue weighted by molar-refractivity contribution is 0.0950. The van der Waals surface area contributed by atoms with Gasteiger partial charge in [0.2, 0.25) is 0 Å². The molecule has 0 saturated heterocycles. The number of benzene rings is 1. The van der Waals surface area contributed by atoms with Gasteiger partial charge in [0.1, 0.15) is 5.75 Å². The first-order valence-electron chi connectivity index (χ1n) is 7.74. The molecule has 1 aromatic heterocycles. The summed E-state index contributed by atoms with van der Waals surface area (Å²) in [4.78, 5) is 12.1. The maximum Gasteiger partial charge on any atom is 0.251 e. The molecular weight excluding hydrogens is 276 g/mol. The summed E-state index contributed by atoms with van der Waals surface area (Å²) < 4.78 is 7.67. The summed E-state index contributed by atoms with van der Waals surface area (Å²) in [5.41, 5.74) is 2.91. The number of nitrogens with zero attached hydrogens (tertiary/aromatic N) is 1. The fraction of sp³-hybridized carbons (Fsp3) is 0.389. The fourth-order valence-corrected chi connectivity index (χ4v) is 2.15. The molecule has 4 nitrogen and oxygen atoms in total. The van der Waals surface area contributed by atoms with Crippen LogP contribution in [0, 0.1) is 6.92 Å². The van der Waals surface area contributed by atoms with Crippen molar-refractivity contribution in [2.75, 3.05) is 6.61 Å². The van der Waals surface area contributed by atoms with Crippen molar-refractivity contribution < 1.29 is 9.53 Å². The minimum Gasteiger partial charge on any atom is -0.494 e. The molecule has 1 aromatic carbocycles. The molecule has 0 saturated carbocycles. The SMILES string of the molecule is CCCCOc1ccc(C(=O)NCc2ccc(C)n2C)cc1. The van der Waals surface area contributed by atoms with Gasteiger partial charge in [-0.1, -0.05) is 13.3 Å². The summed E-state index contributed by atoms with van der Waals surface area (Å²) in [6.07, 6.45) is 2.15. The number of ether oxygens (including phenoxy) is 1. The van der Waals surface area contributed by atoms with E-state index in [9.17, 15) is 4.79 Å². The summed E-state index contributed by atoms with van der Waals surface area (Å²) >= 11 is 0. The van der Waals surface area contributed by atoms with Crippen LogP contribution in [0.2, 0.25) is 0 Å². The van der Waals surface area contributed by atoms with Crippen LogP contribution in [0.5, 0.6) is 5.75 Å². The van der Waals surface area contributed by atoms with E-state index in [1.807, 2.05) is 38.2 Å². The average molecular weight is 300 g/mol. The van der Waals surface area contributed by atoms with Crippen molar-refractivity contribution in [3.63, 3.8) is 0 Å². The van der Waals surface area contributed by atoms with E-state index < -0.39 is 0 Å². The van der Waals surface area contributed by atoms with Crippen LogP contribution < -0.4 is 10.1 Å². The number of hydrogen-bond acceptors (Lipinski definition) is 2. The van der Waals surface area contributed by atoms with E-state index in [4.69, 9.17) is 4.74 Å². The summed E-state index contributed by atoms with van der Waals surface area (Å²) in [6.45, 7) is 5.42. The molecule has 0 atom stereocenters. The van der Waals surface area contributed by atoms with E-state index in [1.165, 1.54) is 5.69 Å². The van der Waals surface area contributed by atoms with Crippen LogP contribution in [0.15, 0.2) is 36.4 Å². The molecule has 0 radical (unpaired) electrons. The zero-order valence-electron chi connectivity index (χ0n) is 13.6. The van der Waals surface area contributed by atoms with Crippen LogP contribution >= 0.6 is 0 Å². The number of amides is 1. The largest absolute Gasteiger partial charge is 0.494 e. The van der Waals surface area contributed by atoms with Crippen molar-refractivity contribution in [3.05, 3.63) is 53.3 Å². The normalized spacial score (nSPS) is 10.5. The number of nitrogens with one attached hydrogen (secondary N) is 1. The minimum absolute atomic E-state index is 0.0704. The minimum atomic E-state index is -0.0704. The first kappa shape index (κ1) is 16.1. The zero-order valence-corrected chi connectivity index (χ0v) is 13.6. The summed E-state index contributed by atoms with van der Waals surface area (Å²) in [6, 6.07) is 11.4. The van der Waals surface area contributed by atoms with Gasteiger partial charge in [-0.3, -0.25) is 4.79 Å². The number of aromatic nitrogens is 1. The van der Waals surface area contributed by atoms with Crippen LogP contribution in [0.1, 0.15) is 41.5 Å². The molecule has 4 heteroatoms. The molecule has 0 unspecified atom stereocenters. The van der Waals surface area contributed by atoms with Crippen LogP contribution in [-0.4, -0.2) is 17.1 Å². The highest BCUT2D eigenvalue weighted by Gasteiger charge is 2.07. The third-order valence-electron chi connectivity index (χ3n) is 3.79. The van der Waals surface area contributed by atoms with Gasteiger partial charge in [-0.15, -0.1) is 0 Å². The average Bonchev–Trinajstić information content (AvgIpc) is 2.85. The molecular formula is C18H24N2O2. The molecule has 2 rings (SSSR count). The Morgan fingerprint density at radius 2 is 1.91 bits per heavy atom. The lowest BCUT2D eigenvalue weighted by atomic mass is 10.2. The molecule has 22 heavy (non-hydrogen) atoms. The monoisotopic (exact) mass is 300 g/mol. The predicted molar refractivity (Wildman–Crippen MR) is 88.2 cm³/mol. The second-order valence-corrected chi connectivity index (χ2v) is 5.43. The van der Waals surface area contributed by atoms with E-state index >= 15 is 0 Å². The van der Waals surface area contributed by atoms with E-state index in [0.717, 1.165) is 30.9 Å². The first-order chi connectivity index (χ1) is 10.6. The lowest BCUT2D eigenvalue weighted by Gasteiger charge is -2.09. The zero-order chi connectivity index (χ0) is 15.9. The highest BCUT2D eigenvalue weighted by Crippen LogP contribution is 2.13. The van der Waals surface area contributed by atoms with E-state index in [2.05, 4.69) is 16.8 Å². The van der Waals surface area contributed by atoms with Crippen molar-refractivity contribution in [1.29, 1.82) is 0 Å². The molecule has 0 bridgehead atoms. The number of aryl methyl sites for hydroxylation is 1. The van der Waals surface area contributed by atoms with Gasteiger partial charge in [-0.2, -0.15) is 0 Å². The van der Waals surface area contributed by atoms with Crippen molar-refractivity contribution in [2.45, 2.75) is 33.2 Å². The number of unbranched alkanes of at least 4 members (excludes halogenated alkanes) is 1. The summed E-state index contributed by atoms with van der Waals surface area (Å²) in [7, 11) is 2.00. The maximum atomic E-state index is 12.1. The maximum absolute atomic E-state index is 12.1. The Labute approximate surface area is 132 Å². The van der Waals surface area contributed by atoms with Crippen molar-refractivity contribution in [3.8, 4) is 5.75 Å². The Morgan fingerprint density at radius 1 is 1.18 bits per heavy atom. The second-order valence-electron chi connectivity index (χ2n) is 5.43. The highest BCUT2D eigenvalue weighted by molar-refractivity contribution is 5.94. The Bertz CT molecular complexity index is 615. The third kappa shape index (κ3) is 4.13. The standard InChI is InChI=1S/C18H24N2O2/c1-4-5-12-22-17-10-7-15(8-11-17)18(21)19-13-16-9-6-14(2)20(16)3/h6-11H,4-5,12-13H2,1-3H3,(H,19,21). The lowest BCUT2D eigenvalue weighted by Crippen LogP contribution is -2.23. The van der Waals surface area contributed by atoms with Crippen molar-refractivity contribution in [2.24, 2.45) is 7.05 Å². The molecule has 0 spiro atoms. The predicted octanol–water partition coefficient (Wildman–Crippen LogP) is 3.44. The molecule has 2 aromatic rings. The number of hydrogen-bond donors (Lipinski definition) is 1. The highest BCUT2D eigenvalue weighted by atomic mass is 16.5. The van der Waals surface area contributed by atoms with Crippen LogP contribution in [0.4, 0.5) is 0 Å². The number of rotatable bonds is 7.